The lowest BCUT2D eigenvalue weighted by molar-refractivity contribution is 0.0600. The summed E-state index contributed by atoms with van der Waals surface area (Å²) in [6.45, 7) is 6.25. The lowest BCUT2D eigenvalue weighted by Crippen LogP contribution is -2.48. The van der Waals surface area contributed by atoms with Crippen molar-refractivity contribution in [2.45, 2.75) is 38.1 Å². The Morgan fingerprint density at radius 1 is 1.16 bits per heavy atom. The summed E-state index contributed by atoms with van der Waals surface area (Å²) < 4.78 is 10.5. The summed E-state index contributed by atoms with van der Waals surface area (Å²) in [5.74, 6) is 0.0491. The molecule has 0 bridgehead atoms. The molecule has 8 heteroatoms. The molecule has 8 nitrogen and oxygen atoms in total. The van der Waals surface area contributed by atoms with Gasteiger partial charge in [0.15, 0.2) is 0 Å². The summed E-state index contributed by atoms with van der Waals surface area (Å²) >= 11 is 0. The summed E-state index contributed by atoms with van der Waals surface area (Å²) in [5, 5.41) is 6.08. The first-order chi connectivity index (χ1) is 15.2. The van der Waals surface area contributed by atoms with Crippen LogP contribution in [-0.2, 0) is 9.47 Å². The number of hydrogen-bond donors (Lipinski definition) is 2. The average Bonchev–Trinajstić information content (AvgIpc) is 3.57. The fraction of sp³-hybridized carbons (Fsp3) is 0.652. The van der Waals surface area contributed by atoms with Crippen molar-refractivity contribution < 1.29 is 19.1 Å². The minimum Gasteiger partial charge on any atom is -0.465 e. The summed E-state index contributed by atoms with van der Waals surface area (Å²) in [6.07, 6.45) is 5.74. The van der Waals surface area contributed by atoms with Crippen molar-refractivity contribution in [3.63, 3.8) is 0 Å². The molecule has 0 unspecified atom stereocenters. The smallest absolute Gasteiger partial charge is 0.337 e. The number of anilines is 2. The standard InChI is InChI=1S/C23H34N4O4/c1-30-22(28)17-6-7-20(26-9-2-3-10-26)19(14-17)25-23(29)24-15-21(18-8-13-31-16-18)27-11-4-5-12-27/h6-7,14,18,21H,2-5,8-13,15-16H2,1H3,(H2,24,25,29)/t18-,21+/m1/s1. The van der Waals surface area contributed by atoms with Gasteiger partial charge in [0.1, 0.15) is 0 Å². The third-order valence-corrected chi connectivity index (χ3v) is 6.70. The van der Waals surface area contributed by atoms with Crippen molar-refractivity contribution in [3.05, 3.63) is 23.8 Å². The minimum atomic E-state index is -0.410. The van der Waals surface area contributed by atoms with E-state index in [1.54, 1.807) is 12.1 Å². The summed E-state index contributed by atoms with van der Waals surface area (Å²) in [6, 6.07) is 5.42. The Balaban J connectivity index is 1.44. The molecule has 2 amide bonds. The molecular weight excluding hydrogens is 396 g/mol. The first-order valence-corrected chi connectivity index (χ1v) is 11.5. The molecule has 3 heterocycles. The number of carbonyl (C=O) groups is 2. The van der Waals surface area contributed by atoms with Gasteiger partial charge in [-0.1, -0.05) is 0 Å². The Bertz CT molecular complexity index is 753. The van der Waals surface area contributed by atoms with E-state index in [2.05, 4.69) is 20.4 Å². The molecule has 2 N–H and O–H groups in total. The van der Waals surface area contributed by atoms with Crippen LogP contribution in [0.4, 0.5) is 16.2 Å². The zero-order valence-corrected chi connectivity index (χ0v) is 18.4. The van der Waals surface area contributed by atoms with Gasteiger partial charge in [-0.05, 0) is 63.4 Å². The van der Waals surface area contributed by atoms with Gasteiger partial charge in [-0.3, -0.25) is 4.90 Å². The third kappa shape index (κ3) is 5.30. The highest BCUT2D eigenvalue weighted by Gasteiger charge is 2.32. The Hall–Kier alpha value is -2.32. The largest absolute Gasteiger partial charge is 0.465 e. The monoisotopic (exact) mass is 430 g/mol. The lowest BCUT2D eigenvalue weighted by Gasteiger charge is -2.32. The van der Waals surface area contributed by atoms with Gasteiger partial charge in [0.05, 0.1) is 30.7 Å². The van der Waals surface area contributed by atoms with Crippen molar-refractivity contribution in [1.82, 2.24) is 10.2 Å². The molecule has 3 aliphatic heterocycles. The number of urea groups is 1. The maximum atomic E-state index is 12.9. The van der Waals surface area contributed by atoms with E-state index < -0.39 is 5.97 Å². The molecule has 0 radical (unpaired) electrons. The van der Waals surface area contributed by atoms with Crippen molar-refractivity contribution in [1.29, 1.82) is 0 Å². The molecule has 1 aromatic rings. The summed E-state index contributed by atoms with van der Waals surface area (Å²) in [4.78, 5) is 29.6. The van der Waals surface area contributed by atoms with Gasteiger partial charge >= 0.3 is 12.0 Å². The number of methoxy groups -OCH3 is 1. The maximum absolute atomic E-state index is 12.9. The highest BCUT2D eigenvalue weighted by Crippen LogP contribution is 2.30. The van der Waals surface area contributed by atoms with Gasteiger partial charge in [0.25, 0.3) is 0 Å². The highest BCUT2D eigenvalue weighted by atomic mass is 16.5. The van der Waals surface area contributed by atoms with Crippen molar-refractivity contribution >= 4 is 23.4 Å². The number of rotatable bonds is 7. The van der Waals surface area contributed by atoms with Crippen molar-refractivity contribution in [2.24, 2.45) is 5.92 Å². The Morgan fingerprint density at radius 3 is 2.58 bits per heavy atom. The predicted octanol–water partition coefficient (Wildman–Crippen LogP) is 2.70. The maximum Gasteiger partial charge on any atom is 0.337 e. The van der Waals surface area contributed by atoms with Crippen LogP contribution < -0.4 is 15.5 Å². The molecule has 0 aromatic heterocycles. The van der Waals surface area contributed by atoms with Crippen LogP contribution in [-0.4, -0.2) is 76.0 Å². The Morgan fingerprint density at radius 2 is 1.90 bits per heavy atom. The van der Waals surface area contributed by atoms with E-state index in [-0.39, 0.29) is 6.03 Å². The molecule has 0 saturated carbocycles. The molecule has 2 atom stereocenters. The van der Waals surface area contributed by atoms with E-state index in [1.165, 1.54) is 20.0 Å². The average molecular weight is 431 g/mol. The van der Waals surface area contributed by atoms with E-state index >= 15 is 0 Å². The zero-order chi connectivity index (χ0) is 21.6. The van der Waals surface area contributed by atoms with E-state index in [4.69, 9.17) is 9.47 Å². The van der Waals surface area contributed by atoms with Crippen molar-refractivity contribution in [3.8, 4) is 0 Å². The van der Waals surface area contributed by atoms with Crippen LogP contribution in [0.5, 0.6) is 0 Å². The molecule has 0 aliphatic carbocycles. The molecule has 3 aliphatic rings. The number of nitrogens with zero attached hydrogens (tertiary/aromatic N) is 2. The number of hydrogen-bond acceptors (Lipinski definition) is 6. The van der Waals surface area contributed by atoms with E-state index in [1.807, 2.05) is 6.07 Å². The second kappa shape index (κ2) is 10.3. The van der Waals surface area contributed by atoms with Gasteiger partial charge in [-0.2, -0.15) is 0 Å². The van der Waals surface area contributed by atoms with Gasteiger partial charge in [-0.25, -0.2) is 9.59 Å². The number of likely N-dealkylation sites (tertiary alicyclic amines) is 1. The predicted molar refractivity (Wildman–Crippen MR) is 120 cm³/mol. The van der Waals surface area contributed by atoms with Crippen LogP contribution in [0.15, 0.2) is 18.2 Å². The highest BCUT2D eigenvalue weighted by molar-refractivity contribution is 5.97. The normalized spacial score (nSPS) is 22.5. The van der Waals surface area contributed by atoms with Crippen LogP contribution in [0.1, 0.15) is 42.5 Å². The Kier molecular flexibility index (Phi) is 7.29. The van der Waals surface area contributed by atoms with E-state index in [0.29, 0.717) is 29.8 Å². The van der Waals surface area contributed by atoms with E-state index in [0.717, 1.165) is 64.3 Å². The fourth-order valence-corrected chi connectivity index (χ4v) is 5.00. The fourth-order valence-electron chi connectivity index (χ4n) is 5.00. The van der Waals surface area contributed by atoms with Crippen LogP contribution >= 0.6 is 0 Å². The lowest BCUT2D eigenvalue weighted by atomic mass is 9.97. The molecular formula is C23H34N4O4. The van der Waals surface area contributed by atoms with Gasteiger partial charge in [0, 0.05) is 38.2 Å². The quantitative estimate of drug-likeness (QED) is 0.647. The molecule has 170 valence electrons. The molecule has 3 saturated heterocycles. The molecule has 3 fully saturated rings. The van der Waals surface area contributed by atoms with Crippen LogP contribution in [0.2, 0.25) is 0 Å². The van der Waals surface area contributed by atoms with Gasteiger partial charge < -0.3 is 25.0 Å². The number of ether oxygens (including phenoxy) is 2. The number of nitrogens with one attached hydrogen (secondary N) is 2. The number of amides is 2. The summed E-state index contributed by atoms with van der Waals surface area (Å²) in [5.41, 5.74) is 2.02. The van der Waals surface area contributed by atoms with Crippen LogP contribution in [0.3, 0.4) is 0 Å². The number of carbonyl (C=O) groups excluding carboxylic acids is 2. The SMILES string of the molecule is COC(=O)c1ccc(N2CCCC2)c(NC(=O)NC[C@@H]([C@@H]2CCOC2)N2CCCC2)c1. The molecule has 4 rings (SSSR count). The second-order valence-electron chi connectivity index (χ2n) is 8.69. The number of benzene rings is 1. The summed E-state index contributed by atoms with van der Waals surface area (Å²) in [7, 11) is 1.36. The van der Waals surface area contributed by atoms with Crippen LogP contribution in [0, 0.1) is 5.92 Å². The first kappa shape index (κ1) is 21.9. The topological polar surface area (TPSA) is 83.1 Å². The molecule has 1 aromatic carbocycles. The molecule has 31 heavy (non-hydrogen) atoms. The molecule has 0 spiro atoms. The second-order valence-corrected chi connectivity index (χ2v) is 8.69. The zero-order valence-electron chi connectivity index (χ0n) is 18.4. The Labute approximate surface area is 184 Å². The third-order valence-electron chi connectivity index (χ3n) is 6.70. The minimum absolute atomic E-state index is 0.245. The van der Waals surface area contributed by atoms with Crippen LogP contribution in [0.25, 0.3) is 0 Å². The van der Waals surface area contributed by atoms with Gasteiger partial charge in [-0.15, -0.1) is 0 Å². The van der Waals surface area contributed by atoms with Gasteiger partial charge in [0.2, 0.25) is 0 Å². The number of esters is 1. The van der Waals surface area contributed by atoms with Crippen molar-refractivity contribution in [2.75, 3.05) is 63.3 Å². The van der Waals surface area contributed by atoms with E-state index in [9.17, 15) is 9.59 Å². The first-order valence-electron chi connectivity index (χ1n) is 11.5.